The van der Waals surface area contributed by atoms with E-state index < -0.39 is 5.76 Å². The maximum Gasteiger partial charge on any atom is 0.417 e. The minimum atomic E-state index is -0.457. The van der Waals surface area contributed by atoms with Crippen LogP contribution in [0.15, 0.2) is 32.0 Å². The van der Waals surface area contributed by atoms with Crippen LogP contribution in [0, 0.1) is 0 Å². The van der Waals surface area contributed by atoms with Gasteiger partial charge in [-0.15, -0.1) is 0 Å². The van der Waals surface area contributed by atoms with E-state index in [1.807, 2.05) is 17.7 Å². The van der Waals surface area contributed by atoms with Gasteiger partial charge in [-0.2, -0.15) is 0 Å². The quantitative estimate of drug-likeness (QED) is 0.762. The van der Waals surface area contributed by atoms with E-state index in [1.54, 1.807) is 12.1 Å². The number of benzene rings is 1. The van der Waals surface area contributed by atoms with Crippen molar-refractivity contribution in [3.8, 4) is 11.3 Å². The summed E-state index contributed by atoms with van der Waals surface area (Å²) in [6, 6.07) is 5.50. The predicted molar refractivity (Wildman–Crippen MR) is 79.5 cm³/mol. The lowest BCUT2D eigenvalue weighted by Crippen LogP contribution is -2.07. The molecule has 0 saturated carbocycles. The van der Waals surface area contributed by atoms with Crippen LogP contribution >= 0.6 is 15.9 Å². The van der Waals surface area contributed by atoms with Crippen molar-refractivity contribution >= 4 is 27.0 Å². The third-order valence-corrected chi connectivity index (χ3v) is 4.09. The first-order valence-electron chi connectivity index (χ1n) is 6.14. The van der Waals surface area contributed by atoms with Gasteiger partial charge in [0.1, 0.15) is 16.1 Å². The van der Waals surface area contributed by atoms with Gasteiger partial charge in [0, 0.05) is 19.0 Å². The molecule has 0 unspecified atom stereocenters. The Labute approximate surface area is 122 Å². The molecule has 3 rings (SSSR count). The Morgan fingerprint density at radius 3 is 3.05 bits per heavy atom. The predicted octanol–water partition coefficient (Wildman–Crippen LogP) is 1.79. The van der Waals surface area contributed by atoms with Gasteiger partial charge in [0.2, 0.25) is 0 Å². The van der Waals surface area contributed by atoms with Gasteiger partial charge in [-0.3, -0.25) is 4.98 Å². The average Bonchev–Trinajstić information content (AvgIpc) is 2.92. The number of halogens is 1. The van der Waals surface area contributed by atoms with E-state index in [1.165, 1.54) is 0 Å². The van der Waals surface area contributed by atoms with Crippen molar-refractivity contribution in [1.29, 1.82) is 0 Å². The number of nitrogens with one attached hydrogen (secondary N) is 1. The molecule has 0 aliphatic rings. The normalized spacial score (nSPS) is 11.3. The summed E-state index contributed by atoms with van der Waals surface area (Å²) in [6.45, 7) is 0.544. The van der Waals surface area contributed by atoms with Crippen molar-refractivity contribution < 1.29 is 4.42 Å². The zero-order valence-corrected chi connectivity index (χ0v) is 12.4. The maximum atomic E-state index is 11.2. The van der Waals surface area contributed by atoms with Gasteiger partial charge < -0.3 is 14.7 Å². The Morgan fingerprint density at radius 1 is 1.50 bits per heavy atom. The fourth-order valence-electron chi connectivity index (χ4n) is 2.15. The summed E-state index contributed by atoms with van der Waals surface area (Å²) in [5.41, 5.74) is 8.46. The zero-order valence-electron chi connectivity index (χ0n) is 10.8. The molecule has 1 aromatic carbocycles. The average molecular weight is 337 g/mol. The molecule has 0 amide bonds. The number of fused-ring (bicyclic) bond motifs is 1. The van der Waals surface area contributed by atoms with Crippen molar-refractivity contribution in [2.24, 2.45) is 12.8 Å². The molecular weight excluding hydrogens is 324 g/mol. The summed E-state index contributed by atoms with van der Waals surface area (Å²) in [4.78, 5) is 18.4. The van der Waals surface area contributed by atoms with Gasteiger partial charge in [0.15, 0.2) is 5.58 Å². The molecule has 0 radical (unpaired) electrons. The Bertz CT molecular complexity index is 831. The molecule has 2 heterocycles. The molecular formula is C13H13BrN4O2. The van der Waals surface area contributed by atoms with Gasteiger partial charge >= 0.3 is 5.76 Å². The van der Waals surface area contributed by atoms with Crippen LogP contribution in [0.5, 0.6) is 0 Å². The first kappa shape index (κ1) is 13.1. The van der Waals surface area contributed by atoms with E-state index >= 15 is 0 Å². The standard InChI is InChI=1S/C13H13BrN4O2/c1-18-10(4-5-15)17-11(12(18)14)7-2-3-8-9(6-7)20-13(19)16-8/h2-3,6H,4-5,15H2,1H3,(H,16,19). The highest BCUT2D eigenvalue weighted by atomic mass is 79.9. The molecule has 0 fully saturated rings. The molecule has 0 spiro atoms. The lowest BCUT2D eigenvalue weighted by molar-refractivity contribution is 0.555. The molecule has 0 aliphatic heterocycles. The van der Waals surface area contributed by atoms with Crippen molar-refractivity contribution in [3.63, 3.8) is 0 Å². The smallest absolute Gasteiger partial charge is 0.408 e. The molecule has 6 nitrogen and oxygen atoms in total. The van der Waals surface area contributed by atoms with E-state index in [0.717, 1.165) is 21.7 Å². The second kappa shape index (κ2) is 4.92. The first-order valence-corrected chi connectivity index (χ1v) is 6.94. The Kier molecular flexibility index (Phi) is 3.23. The minimum Gasteiger partial charge on any atom is -0.408 e. The largest absolute Gasteiger partial charge is 0.417 e. The Hall–Kier alpha value is -1.86. The van der Waals surface area contributed by atoms with Gasteiger partial charge in [0.25, 0.3) is 0 Å². The highest BCUT2D eigenvalue weighted by molar-refractivity contribution is 9.10. The van der Waals surface area contributed by atoms with Crippen LogP contribution in [0.3, 0.4) is 0 Å². The van der Waals surface area contributed by atoms with Crippen LogP contribution in [0.25, 0.3) is 22.4 Å². The fraction of sp³-hybridized carbons (Fsp3) is 0.231. The molecule has 104 valence electrons. The van der Waals surface area contributed by atoms with E-state index in [9.17, 15) is 4.79 Å². The number of hydrogen-bond donors (Lipinski definition) is 2. The number of hydrogen-bond acceptors (Lipinski definition) is 4. The van der Waals surface area contributed by atoms with E-state index in [4.69, 9.17) is 10.2 Å². The molecule has 7 heteroatoms. The zero-order chi connectivity index (χ0) is 14.3. The van der Waals surface area contributed by atoms with Crippen molar-refractivity contribution in [2.45, 2.75) is 6.42 Å². The number of H-pyrrole nitrogens is 1. The van der Waals surface area contributed by atoms with Crippen molar-refractivity contribution in [3.05, 3.63) is 39.2 Å². The number of oxazole rings is 1. The van der Waals surface area contributed by atoms with Crippen molar-refractivity contribution in [2.75, 3.05) is 6.54 Å². The number of nitrogens with two attached hydrogens (primary N) is 1. The summed E-state index contributed by atoms with van der Waals surface area (Å²) in [6.07, 6.45) is 0.705. The van der Waals surface area contributed by atoms with Crippen molar-refractivity contribution in [1.82, 2.24) is 14.5 Å². The first-order chi connectivity index (χ1) is 9.60. The summed E-state index contributed by atoms with van der Waals surface area (Å²) in [5, 5.41) is 0. The van der Waals surface area contributed by atoms with E-state index in [-0.39, 0.29) is 0 Å². The van der Waals surface area contributed by atoms with Gasteiger partial charge in [-0.1, -0.05) is 6.07 Å². The van der Waals surface area contributed by atoms with Crippen LogP contribution in [0.1, 0.15) is 5.82 Å². The molecule has 0 atom stereocenters. The summed E-state index contributed by atoms with van der Waals surface area (Å²) in [7, 11) is 1.93. The van der Waals surface area contributed by atoms with Crippen LogP contribution in [0.2, 0.25) is 0 Å². The monoisotopic (exact) mass is 336 g/mol. The molecule has 0 saturated heterocycles. The lowest BCUT2D eigenvalue weighted by Gasteiger charge is -1.99. The Balaban J connectivity index is 2.14. The summed E-state index contributed by atoms with van der Waals surface area (Å²) < 4.78 is 7.90. The van der Waals surface area contributed by atoms with Gasteiger partial charge in [-0.05, 0) is 34.6 Å². The van der Waals surface area contributed by atoms with Crippen LogP contribution in [-0.4, -0.2) is 21.1 Å². The molecule has 3 aromatic rings. The molecule has 0 bridgehead atoms. The summed E-state index contributed by atoms with van der Waals surface area (Å²) >= 11 is 3.54. The fourth-order valence-corrected chi connectivity index (χ4v) is 2.67. The number of imidazole rings is 1. The third-order valence-electron chi connectivity index (χ3n) is 3.18. The number of nitrogens with zero attached hydrogens (tertiary/aromatic N) is 2. The second-order valence-corrected chi connectivity index (χ2v) is 5.24. The third kappa shape index (κ3) is 2.08. The van der Waals surface area contributed by atoms with E-state index in [2.05, 4.69) is 25.9 Å². The van der Waals surface area contributed by atoms with Gasteiger partial charge in [0.05, 0.1) is 5.52 Å². The molecule has 20 heavy (non-hydrogen) atoms. The van der Waals surface area contributed by atoms with Crippen LogP contribution < -0.4 is 11.5 Å². The second-order valence-electron chi connectivity index (χ2n) is 4.49. The maximum absolute atomic E-state index is 11.2. The highest BCUT2D eigenvalue weighted by Gasteiger charge is 2.14. The number of aromatic nitrogens is 3. The summed E-state index contributed by atoms with van der Waals surface area (Å²) in [5.74, 6) is 0.450. The van der Waals surface area contributed by atoms with Gasteiger partial charge in [-0.25, -0.2) is 9.78 Å². The van der Waals surface area contributed by atoms with Crippen LogP contribution in [0.4, 0.5) is 0 Å². The van der Waals surface area contributed by atoms with E-state index in [0.29, 0.717) is 24.1 Å². The topological polar surface area (TPSA) is 89.8 Å². The number of aromatic amines is 1. The molecule has 0 aliphatic carbocycles. The van der Waals surface area contributed by atoms with Crippen LogP contribution in [-0.2, 0) is 13.5 Å². The SMILES string of the molecule is Cn1c(CCN)nc(-c2ccc3[nH]c(=O)oc3c2)c1Br. The lowest BCUT2D eigenvalue weighted by atomic mass is 10.1. The molecule has 2 aromatic heterocycles. The number of rotatable bonds is 3. The Morgan fingerprint density at radius 2 is 2.30 bits per heavy atom. The molecule has 3 N–H and O–H groups in total. The minimum absolute atomic E-state index is 0.457. The highest BCUT2D eigenvalue weighted by Crippen LogP contribution is 2.29.